The van der Waals surface area contributed by atoms with Crippen molar-refractivity contribution >= 4 is 11.7 Å². The van der Waals surface area contributed by atoms with Crippen LogP contribution in [0.25, 0.3) is 0 Å². The molecule has 26 heavy (non-hydrogen) atoms. The lowest BCUT2D eigenvalue weighted by Gasteiger charge is -2.23. The Balaban J connectivity index is 1.43. The van der Waals surface area contributed by atoms with Gasteiger partial charge in [-0.1, -0.05) is 0 Å². The molecule has 0 bridgehead atoms. The van der Waals surface area contributed by atoms with Gasteiger partial charge in [-0.25, -0.2) is 14.4 Å². The van der Waals surface area contributed by atoms with Gasteiger partial charge in [0, 0.05) is 44.2 Å². The van der Waals surface area contributed by atoms with Gasteiger partial charge in [-0.3, -0.25) is 4.79 Å². The Labute approximate surface area is 151 Å². The van der Waals surface area contributed by atoms with Gasteiger partial charge in [0.15, 0.2) is 0 Å². The topological polar surface area (TPSA) is 58.6 Å². The summed E-state index contributed by atoms with van der Waals surface area (Å²) in [6.07, 6.45) is 2.88. The number of hydrogen-bond donors (Lipinski definition) is 0. The number of anilines is 1. The predicted molar refractivity (Wildman–Crippen MR) is 94.7 cm³/mol. The first-order chi connectivity index (χ1) is 12.7. The summed E-state index contributed by atoms with van der Waals surface area (Å²) in [5, 5.41) is 0. The minimum atomic E-state index is -0.327. The van der Waals surface area contributed by atoms with Crippen molar-refractivity contribution in [3.8, 4) is 5.88 Å². The number of amides is 1. The van der Waals surface area contributed by atoms with E-state index >= 15 is 0 Å². The Bertz CT molecular complexity index is 784. The number of nitrogens with zero attached hydrogens (tertiary/aromatic N) is 4. The van der Waals surface area contributed by atoms with E-state index in [0.29, 0.717) is 43.0 Å². The van der Waals surface area contributed by atoms with Crippen LogP contribution < -0.4 is 9.64 Å². The molecular weight excluding hydrogens is 335 g/mol. The largest absolute Gasteiger partial charge is 0.477 e. The molecule has 7 heteroatoms. The first-order valence-corrected chi connectivity index (χ1v) is 8.89. The van der Waals surface area contributed by atoms with Crippen LogP contribution in [0.4, 0.5) is 10.2 Å². The summed E-state index contributed by atoms with van der Waals surface area (Å²) in [7, 11) is 0. The summed E-state index contributed by atoms with van der Waals surface area (Å²) in [5.74, 6) is 1.64. The highest BCUT2D eigenvalue weighted by molar-refractivity contribution is 5.96. The van der Waals surface area contributed by atoms with Crippen LogP contribution in [0.1, 0.15) is 17.3 Å². The molecular formula is C19H21FN4O2. The Morgan fingerprint density at radius 2 is 1.96 bits per heavy atom. The smallest absolute Gasteiger partial charge is 0.259 e. The maximum atomic E-state index is 13.1. The van der Waals surface area contributed by atoms with E-state index in [0.717, 1.165) is 18.9 Å². The lowest BCUT2D eigenvalue weighted by atomic mass is 10.0. The van der Waals surface area contributed by atoms with Crippen molar-refractivity contribution in [2.75, 3.05) is 37.7 Å². The Morgan fingerprint density at radius 1 is 1.19 bits per heavy atom. The summed E-state index contributed by atoms with van der Waals surface area (Å²) in [5.41, 5.74) is 0.520. The fraction of sp³-hybridized carbons (Fsp3) is 0.421. The zero-order chi connectivity index (χ0) is 18.1. The van der Waals surface area contributed by atoms with E-state index in [1.807, 2.05) is 11.8 Å². The maximum absolute atomic E-state index is 13.1. The molecule has 1 amide bonds. The quantitative estimate of drug-likeness (QED) is 0.841. The number of pyridine rings is 2. The second-order valence-corrected chi connectivity index (χ2v) is 6.76. The van der Waals surface area contributed by atoms with Crippen LogP contribution in [0.5, 0.6) is 5.88 Å². The highest BCUT2D eigenvalue weighted by Gasteiger charge is 2.42. The Kier molecular flexibility index (Phi) is 4.44. The summed E-state index contributed by atoms with van der Waals surface area (Å²) in [4.78, 5) is 25.3. The van der Waals surface area contributed by atoms with Crippen LogP contribution in [0, 0.1) is 17.7 Å². The van der Waals surface area contributed by atoms with Crippen molar-refractivity contribution in [1.82, 2.24) is 14.9 Å². The summed E-state index contributed by atoms with van der Waals surface area (Å²) in [6.45, 7) is 5.43. The lowest BCUT2D eigenvalue weighted by Crippen LogP contribution is -2.33. The van der Waals surface area contributed by atoms with E-state index in [4.69, 9.17) is 4.74 Å². The molecule has 136 valence electrons. The summed E-state index contributed by atoms with van der Waals surface area (Å²) in [6, 6.07) is 6.67. The number of halogens is 1. The number of aromatic nitrogens is 2. The summed E-state index contributed by atoms with van der Waals surface area (Å²) < 4.78 is 18.5. The molecule has 2 atom stereocenters. The standard InChI is InChI=1S/C19H21FN4O2/c1-2-26-18-16(4-3-7-21-18)19(25)24-11-13-9-23(10-14(13)12-24)17-6-5-15(20)8-22-17/h3-8,13-14H,2,9-12H2,1H3. The fourth-order valence-electron chi connectivity index (χ4n) is 3.88. The highest BCUT2D eigenvalue weighted by atomic mass is 19.1. The van der Waals surface area contributed by atoms with Crippen LogP contribution in [-0.2, 0) is 0 Å². The van der Waals surface area contributed by atoms with Crippen LogP contribution >= 0.6 is 0 Å². The van der Waals surface area contributed by atoms with E-state index in [9.17, 15) is 9.18 Å². The molecule has 2 unspecified atom stereocenters. The zero-order valence-electron chi connectivity index (χ0n) is 14.6. The highest BCUT2D eigenvalue weighted by Crippen LogP contribution is 2.34. The molecule has 4 rings (SSSR count). The van der Waals surface area contributed by atoms with Crippen molar-refractivity contribution in [3.63, 3.8) is 0 Å². The normalized spacial score (nSPS) is 21.8. The van der Waals surface area contributed by atoms with Gasteiger partial charge in [0.25, 0.3) is 5.91 Å². The Morgan fingerprint density at radius 3 is 2.62 bits per heavy atom. The Hall–Kier alpha value is -2.70. The van der Waals surface area contributed by atoms with Gasteiger partial charge in [0.1, 0.15) is 17.2 Å². The molecule has 2 aliphatic heterocycles. The molecule has 0 N–H and O–H groups in total. The van der Waals surface area contributed by atoms with Crippen LogP contribution in [0.15, 0.2) is 36.7 Å². The van der Waals surface area contributed by atoms with Crippen molar-refractivity contribution in [2.45, 2.75) is 6.92 Å². The molecule has 0 spiro atoms. The number of ether oxygens (including phenoxy) is 1. The molecule has 2 aromatic rings. The third-order valence-corrected chi connectivity index (χ3v) is 5.09. The molecule has 0 aliphatic carbocycles. The maximum Gasteiger partial charge on any atom is 0.259 e. The van der Waals surface area contributed by atoms with Crippen molar-refractivity contribution in [1.29, 1.82) is 0 Å². The SMILES string of the molecule is CCOc1ncccc1C(=O)N1CC2CN(c3ccc(F)cn3)CC2C1. The molecule has 2 fully saturated rings. The van der Waals surface area contributed by atoms with Crippen molar-refractivity contribution < 1.29 is 13.9 Å². The van der Waals surface area contributed by atoms with Gasteiger partial charge in [-0.15, -0.1) is 0 Å². The number of carbonyl (C=O) groups excluding carboxylic acids is 1. The van der Waals surface area contributed by atoms with Gasteiger partial charge in [-0.2, -0.15) is 0 Å². The van der Waals surface area contributed by atoms with E-state index in [1.165, 1.54) is 12.3 Å². The average molecular weight is 356 g/mol. The molecule has 0 aromatic carbocycles. The molecule has 0 radical (unpaired) electrons. The number of hydrogen-bond acceptors (Lipinski definition) is 5. The minimum Gasteiger partial charge on any atom is -0.477 e. The molecule has 6 nitrogen and oxygen atoms in total. The molecule has 2 aliphatic rings. The first-order valence-electron chi connectivity index (χ1n) is 8.89. The molecule has 4 heterocycles. The van der Waals surface area contributed by atoms with Crippen LogP contribution in [0.2, 0.25) is 0 Å². The van der Waals surface area contributed by atoms with Crippen molar-refractivity contribution in [2.24, 2.45) is 11.8 Å². The number of fused-ring (bicyclic) bond motifs is 1. The number of carbonyl (C=O) groups is 1. The third kappa shape index (κ3) is 3.09. The van der Waals surface area contributed by atoms with E-state index < -0.39 is 0 Å². The van der Waals surface area contributed by atoms with Gasteiger partial charge in [0.05, 0.1) is 12.8 Å². The van der Waals surface area contributed by atoms with Gasteiger partial charge >= 0.3 is 0 Å². The fourth-order valence-corrected chi connectivity index (χ4v) is 3.88. The van der Waals surface area contributed by atoms with E-state index in [1.54, 1.807) is 24.4 Å². The second kappa shape index (κ2) is 6.90. The monoisotopic (exact) mass is 356 g/mol. The summed E-state index contributed by atoms with van der Waals surface area (Å²) >= 11 is 0. The zero-order valence-corrected chi connectivity index (χ0v) is 14.6. The second-order valence-electron chi connectivity index (χ2n) is 6.76. The van der Waals surface area contributed by atoms with Crippen molar-refractivity contribution in [3.05, 3.63) is 48.0 Å². The molecule has 0 saturated carbocycles. The number of likely N-dealkylation sites (tertiary alicyclic amines) is 1. The van der Waals surface area contributed by atoms with Crippen LogP contribution in [-0.4, -0.2) is 53.6 Å². The molecule has 2 saturated heterocycles. The first kappa shape index (κ1) is 16.8. The van der Waals surface area contributed by atoms with E-state index in [2.05, 4.69) is 14.9 Å². The predicted octanol–water partition coefficient (Wildman–Crippen LogP) is 2.22. The third-order valence-electron chi connectivity index (χ3n) is 5.09. The average Bonchev–Trinajstić information content (AvgIpc) is 3.22. The van der Waals surface area contributed by atoms with Gasteiger partial charge < -0.3 is 14.5 Å². The minimum absolute atomic E-state index is 0.0255. The van der Waals surface area contributed by atoms with Gasteiger partial charge in [-0.05, 0) is 31.2 Å². The number of rotatable bonds is 4. The molecule has 2 aromatic heterocycles. The lowest BCUT2D eigenvalue weighted by molar-refractivity contribution is 0.0777. The van der Waals surface area contributed by atoms with E-state index in [-0.39, 0.29) is 11.7 Å². The van der Waals surface area contributed by atoms with Crippen LogP contribution in [0.3, 0.4) is 0 Å². The van der Waals surface area contributed by atoms with Gasteiger partial charge in [0.2, 0.25) is 5.88 Å².